The van der Waals surface area contributed by atoms with Gasteiger partial charge in [-0.25, -0.2) is 13.1 Å². The normalized spacial score (nSPS) is 13.5. The van der Waals surface area contributed by atoms with Crippen molar-refractivity contribution in [3.63, 3.8) is 0 Å². The van der Waals surface area contributed by atoms with Crippen LogP contribution in [-0.4, -0.2) is 26.2 Å². The molecule has 5 nitrogen and oxygen atoms in total. The minimum Gasteiger partial charge on any atom is -0.398 e. The van der Waals surface area contributed by atoms with Crippen molar-refractivity contribution in [2.45, 2.75) is 45.1 Å². The molecule has 1 aromatic carbocycles. The number of aryl methyl sites for hydroxylation is 2. The fourth-order valence-corrected chi connectivity index (χ4v) is 3.93. The minimum atomic E-state index is -3.62. The molecule has 0 aliphatic rings. The van der Waals surface area contributed by atoms with Gasteiger partial charge in [-0.1, -0.05) is 6.07 Å². The fourth-order valence-electron chi connectivity index (χ4n) is 2.17. The first kappa shape index (κ1) is 15.9. The fraction of sp³-hybridized carbons (Fsp3) is 0.538. The average Bonchev–Trinajstić information content (AvgIpc) is 2.24. The summed E-state index contributed by atoms with van der Waals surface area (Å²) < 4.78 is 27.3. The molecule has 1 unspecified atom stereocenters. The summed E-state index contributed by atoms with van der Waals surface area (Å²) in [6, 6.07) is 1.45. The number of sulfonamides is 1. The quantitative estimate of drug-likeness (QED) is 0.710. The SMILES string of the molecule is Cc1cc(C)c(S(=O)(=O)NC(C)CCO)c(C)c1N. The first-order valence-electron chi connectivity index (χ1n) is 6.20. The number of rotatable bonds is 5. The number of benzene rings is 1. The van der Waals surface area contributed by atoms with Gasteiger partial charge in [-0.2, -0.15) is 0 Å². The Labute approximate surface area is 114 Å². The van der Waals surface area contributed by atoms with Crippen molar-refractivity contribution in [1.29, 1.82) is 0 Å². The second kappa shape index (κ2) is 5.90. The zero-order valence-corrected chi connectivity index (χ0v) is 12.6. The van der Waals surface area contributed by atoms with Crippen molar-refractivity contribution < 1.29 is 13.5 Å². The van der Waals surface area contributed by atoms with Crippen LogP contribution < -0.4 is 10.5 Å². The molecule has 0 aromatic heterocycles. The lowest BCUT2D eigenvalue weighted by atomic mass is 10.1. The molecule has 6 heteroatoms. The van der Waals surface area contributed by atoms with E-state index in [2.05, 4.69) is 4.72 Å². The standard InChI is InChI=1S/C13H22N2O3S/c1-8-7-9(2)13(11(4)12(8)14)19(17,18)15-10(3)5-6-16/h7,10,15-16H,5-6,14H2,1-4H3. The number of hydrogen-bond acceptors (Lipinski definition) is 4. The highest BCUT2D eigenvalue weighted by Crippen LogP contribution is 2.28. The van der Waals surface area contributed by atoms with Crippen LogP contribution >= 0.6 is 0 Å². The summed E-state index contributed by atoms with van der Waals surface area (Å²) in [6.07, 6.45) is 0.374. The topological polar surface area (TPSA) is 92.4 Å². The maximum atomic E-state index is 12.4. The molecule has 0 aliphatic carbocycles. The predicted octanol–water partition coefficient (Wildman–Crippen LogP) is 1.24. The molecular weight excluding hydrogens is 264 g/mol. The number of aliphatic hydroxyl groups is 1. The van der Waals surface area contributed by atoms with Crippen molar-refractivity contribution in [3.8, 4) is 0 Å². The molecule has 0 spiro atoms. The molecule has 0 amide bonds. The second-order valence-corrected chi connectivity index (χ2v) is 6.56. The number of nitrogens with one attached hydrogen (secondary N) is 1. The van der Waals surface area contributed by atoms with Crippen LogP contribution in [0.4, 0.5) is 5.69 Å². The second-order valence-electron chi connectivity index (χ2n) is 4.91. The third-order valence-electron chi connectivity index (χ3n) is 3.15. The van der Waals surface area contributed by atoms with E-state index in [1.165, 1.54) is 0 Å². The zero-order valence-electron chi connectivity index (χ0n) is 11.8. The first-order chi connectivity index (χ1) is 8.70. The summed E-state index contributed by atoms with van der Waals surface area (Å²) >= 11 is 0. The van der Waals surface area contributed by atoms with Crippen molar-refractivity contribution >= 4 is 15.7 Å². The minimum absolute atomic E-state index is 0.0578. The van der Waals surface area contributed by atoms with E-state index < -0.39 is 10.0 Å². The summed E-state index contributed by atoms with van der Waals surface area (Å²) in [5, 5.41) is 8.84. The zero-order chi connectivity index (χ0) is 14.8. The van der Waals surface area contributed by atoms with Gasteiger partial charge in [0.15, 0.2) is 0 Å². The van der Waals surface area contributed by atoms with Gasteiger partial charge in [-0.3, -0.25) is 0 Å². The van der Waals surface area contributed by atoms with Gasteiger partial charge in [0.05, 0.1) is 4.90 Å². The highest BCUT2D eigenvalue weighted by atomic mass is 32.2. The molecule has 0 aliphatic heterocycles. The van der Waals surface area contributed by atoms with Gasteiger partial charge in [0.2, 0.25) is 10.0 Å². The van der Waals surface area contributed by atoms with E-state index in [0.717, 1.165) is 5.56 Å². The van der Waals surface area contributed by atoms with Gasteiger partial charge >= 0.3 is 0 Å². The van der Waals surface area contributed by atoms with Crippen LogP contribution in [0, 0.1) is 20.8 Å². The average molecular weight is 286 g/mol. The number of nitrogens with two attached hydrogens (primary N) is 1. The number of aliphatic hydroxyl groups excluding tert-OH is 1. The van der Waals surface area contributed by atoms with E-state index in [-0.39, 0.29) is 17.5 Å². The van der Waals surface area contributed by atoms with Crippen molar-refractivity contribution in [3.05, 3.63) is 22.8 Å². The van der Waals surface area contributed by atoms with Gasteiger partial charge in [-0.15, -0.1) is 0 Å². The van der Waals surface area contributed by atoms with E-state index in [1.807, 2.05) is 6.92 Å². The molecule has 19 heavy (non-hydrogen) atoms. The third-order valence-corrected chi connectivity index (χ3v) is 5.03. The van der Waals surface area contributed by atoms with Gasteiger partial charge in [0.1, 0.15) is 0 Å². The number of hydrogen-bond donors (Lipinski definition) is 3. The van der Waals surface area contributed by atoms with Crippen molar-refractivity contribution in [1.82, 2.24) is 4.72 Å². The van der Waals surface area contributed by atoms with Crippen molar-refractivity contribution in [2.24, 2.45) is 0 Å². The lowest BCUT2D eigenvalue weighted by Gasteiger charge is -2.18. The van der Waals surface area contributed by atoms with Crippen LogP contribution in [0.5, 0.6) is 0 Å². The summed E-state index contributed by atoms with van der Waals surface area (Å²) in [5.41, 5.74) is 8.52. The molecular formula is C13H22N2O3S. The van der Waals surface area contributed by atoms with E-state index >= 15 is 0 Å². The Hall–Kier alpha value is -1.11. The Balaban J connectivity index is 3.26. The van der Waals surface area contributed by atoms with Crippen LogP contribution in [-0.2, 0) is 10.0 Å². The maximum absolute atomic E-state index is 12.4. The van der Waals surface area contributed by atoms with Crippen molar-refractivity contribution in [2.75, 3.05) is 12.3 Å². The Morgan fingerprint density at radius 3 is 2.42 bits per heavy atom. The van der Waals surface area contributed by atoms with E-state index in [1.54, 1.807) is 26.8 Å². The highest BCUT2D eigenvalue weighted by molar-refractivity contribution is 7.89. The third kappa shape index (κ3) is 3.46. The monoisotopic (exact) mass is 286 g/mol. The van der Waals surface area contributed by atoms with E-state index in [0.29, 0.717) is 23.2 Å². The van der Waals surface area contributed by atoms with Crippen LogP contribution in [0.2, 0.25) is 0 Å². The predicted molar refractivity (Wildman–Crippen MR) is 76.6 cm³/mol. The van der Waals surface area contributed by atoms with Crippen LogP contribution in [0.3, 0.4) is 0 Å². The lowest BCUT2D eigenvalue weighted by molar-refractivity contribution is 0.275. The number of anilines is 1. The van der Waals surface area contributed by atoms with Gasteiger partial charge in [0, 0.05) is 18.3 Å². The van der Waals surface area contributed by atoms with Crippen LogP contribution in [0.1, 0.15) is 30.0 Å². The summed E-state index contributed by atoms with van der Waals surface area (Å²) in [4.78, 5) is 0.236. The summed E-state index contributed by atoms with van der Waals surface area (Å²) in [5.74, 6) is 0. The molecule has 0 bridgehead atoms. The molecule has 0 saturated carbocycles. The molecule has 0 saturated heterocycles. The molecule has 1 atom stereocenters. The largest absolute Gasteiger partial charge is 0.398 e. The molecule has 0 heterocycles. The van der Waals surface area contributed by atoms with E-state index in [4.69, 9.17) is 10.8 Å². The van der Waals surface area contributed by atoms with Crippen LogP contribution in [0.15, 0.2) is 11.0 Å². The molecule has 4 N–H and O–H groups in total. The first-order valence-corrected chi connectivity index (χ1v) is 7.68. The Kier molecular flexibility index (Phi) is 4.95. The van der Waals surface area contributed by atoms with Gasteiger partial charge < -0.3 is 10.8 Å². The smallest absolute Gasteiger partial charge is 0.241 e. The Morgan fingerprint density at radius 1 is 1.32 bits per heavy atom. The van der Waals surface area contributed by atoms with Crippen LogP contribution in [0.25, 0.3) is 0 Å². The molecule has 1 rings (SSSR count). The van der Waals surface area contributed by atoms with Gasteiger partial charge in [0.25, 0.3) is 0 Å². The Bertz CT molecular complexity index is 568. The summed E-state index contributed by atoms with van der Waals surface area (Å²) in [6.45, 7) is 6.98. The van der Waals surface area contributed by atoms with Gasteiger partial charge in [-0.05, 0) is 50.8 Å². The summed E-state index contributed by atoms with van der Waals surface area (Å²) in [7, 11) is -3.62. The molecule has 0 radical (unpaired) electrons. The highest BCUT2D eigenvalue weighted by Gasteiger charge is 2.23. The maximum Gasteiger partial charge on any atom is 0.241 e. The lowest BCUT2D eigenvalue weighted by Crippen LogP contribution is -2.34. The molecule has 0 fully saturated rings. The molecule has 108 valence electrons. The molecule has 1 aromatic rings. The number of nitrogen functional groups attached to an aromatic ring is 1. The Morgan fingerprint density at radius 2 is 1.89 bits per heavy atom. The van der Waals surface area contributed by atoms with E-state index in [9.17, 15) is 8.42 Å².